The average molecular weight is 249 g/mol. The van der Waals surface area contributed by atoms with Crippen LogP contribution in [0.25, 0.3) is 0 Å². The molecule has 0 aromatic heterocycles. The van der Waals surface area contributed by atoms with Crippen molar-refractivity contribution >= 4 is 0 Å². The van der Waals surface area contributed by atoms with Gasteiger partial charge in [0, 0.05) is 5.56 Å². The molecule has 100 valence electrons. The molecule has 0 fully saturated rings. The molecule has 0 amide bonds. The molecule has 0 saturated carbocycles. The van der Waals surface area contributed by atoms with Gasteiger partial charge in [-0.25, -0.2) is 0 Å². The molecule has 2 unspecified atom stereocenters. The lowest BCUT2D eigenvalue weighted by molar-refractivity contribution is 0.0267. The Kier molecular flexibility index (Phi) is 3.93. The molecule has 1 aliphatic rings. The molecular formula is C15H23NO2. The van der Waals surface area contributed by atoms with Crippen LogP contribution in [-0.2, 0) is 4.84 Å². The van der Waals surface area contributed by atoms with Crippen LogP contribution in [0.1, 0.15) is 48.1 Å². The maximum absolute atomic E-state index is 6.16. The molecule has 3 heteroatoms. The maximum Gasteiger partial charge on any atom is 0.128 e. The van der Waals surface area contributed by atoms with Gasteiger partial charge in [-0.3, -0.25) is 0 Å². The Hall–Kier alpha value is -1.06. The zero-order valence-electron chi connectivity index (χ0n) is 12.0. The van der Waals surface area contributed by atoms with Crippen LogP contribution < -0.4 is 10.2 Å². The van der Waals surface area contributed by atoms with E-state index in [1.165, 1.54) is 22.3 Å². The number of nitrogens with one attached hydrogen (secondary N) is 1. The van der Waals surface area contributed by atoms with Gasteiger partial charge in [-0.2, -0.15) is 5.48 Å². The van der Waals surface area contributed by atoms with E-state index in [1.54, 1.807) is 7.11 Å². The highest BCUT2D eigenvalue weighted by Crippen LogP contribution is 2.43. The average Bonchev–Trinajstić information content (AvgIpc) is 2.67. The van der Waals surface area contributed by atoms with Crippen LogP contribution in [0, 0.1) is 20.8 Å². The summed E-state index contributed by atoms with van der Waals surface area (Å²) in [7, 11) is 1.66. The summed E-state index contributed by atoms with van der Waals surface area (Å²) in [4.78, 5) is 5.15. The first kappa shape index (κ1) is 13.4. The van der Waals surface area contributed by atoms with Gasteiger partial charge in [0.15, 0.2) is 0 Å². The monoisotopic (exact) mass is 249 g/mol. The van der Waals surface area contributed by atoms with Gasteiger partial charge in [0.1, 0.15) is 11.9 Å². The quantitative estimate of drug-likeness (QED) is 0.830. The second kappa shape index (κ2) is 5.29. The maximum atomic E-state index is 6.16. The van der Waals surface area contributed by atoms with Gasteiger partial charge in [-0.15, -0.1) is 0 Å². The molecular weight excluding hydrogens is 226 g/mol. The lowest BCUT2D eigenvalue weighted by atomic mass is 9.93. The van der Waals surface area contributed by atoms with E-state index in [4.69, 9.17) is 9.57 Å². The highest BCUT2D eigenvalue weighted by atomic mass is 16.6. The van der Waals surface area contributed by atoms with Crippen molar-refractivity contribution < 1.29 is 9.57 Å². The van der Waals surface area contributed by atoms with Crippen molar-refractivity contribution in [2.24, 2.45) is 0 Å². The highest BCUT2D eigenvalue weighted by Gasteiger charge is 2.36. The van der Waals surface area contributed by atoms with Crippen LogP contribution in [0.2, 0.25) is 0 Å². The number of benzene rings is 1. The zero-order chi connectivity index (χ0) is 13.3. The molecule has 1 aromatic rings. The summed E-state index contributed by atoms with van der Waals surface area (Å²) >= 11 is 0. The Balaban J connectivity index is 2.45. The Morgan fingerprint density at radius 2 is 2.00 bits per heavy atom. The number of hydrogen-bond donors (Lipinski definition) is 1. The molecule has 0 bridgehead atoms. The van der Waals surface area contributed by atoms with E-state index in [0.717, 1.165) is 18.6 Å². The third-order valence-electron chi connectivity index (χ3n) is 3.80. The van der Waals surface area contributed by atoms with Crippen molar-refractivity contribution in [3.63, 3.8) is 0 Å². The fourth-order valence-corrected chi connectivity index (χ4v) is 2.79. The molecule has 0 saturated heterocycles. The van der Waals surface area contributed by atoms with Gasteiger partial charge < -0.3 is 9.57 Å². The van der Waals surface area contributed by atoms with Gasteiger partial charge in [0.2, 0.25) is 0 Å². The summed E-state index contributed by atoms with van der Waals surface area (Å²) in [5.74, 6) is 1.06. The van der Waals surface area contributed by atoms with Crippen molar-refractivity contribution in [2.45, 2.75) is 52.7 Å². The Morgan fingerprint density at radius 3 is 2.61 bits per heavy atom. The van der Waals surface area contributed by atoms with Crippen molar-refractivity contribution in [2.75, 3.05) is 7.11 Å². The van der Waals surface area contributed by atoms with E-state index < -0.39 is 0 Å². The van der Waals surface area contributed by atoms with Crippen LogP contribution in [0.4, 0.5) is 0 Å². The number of fused-ring (bicyclic) bond motifs is 1. The van der Waals surface area contributed by atoms with Crippen molar-refractivity contribution in [1.29, 1.82) is 0 Å². The predicted molar refractivity (Wildman–Crippen MR) is 72.9 cm³/mol. The van der Waals surface area contributed by atoms with Gasteiger partial charge in [-0.05, 0) is 43.9 Å². The lowest BCUT2D eigenvalue weighted by Crippen LogP contribution is -2.30. The molecule has 0 aliphatic carbocycles. The molecule has 2 rings (SSSR count). The van der Waals surface area contributed by atoms with Crippen molar-refractivity contribution in [3.05, 3.63) is 28.3 Å². The van der Waals surface area contributed by atoms with Crippen LogP contribution in [0.5, 0.6) is 5.75 Å². The topological polar surface area (TPSA) is 30.5 Å². The molecule has 0 radical (unpaired) electrons. The molecule has 1 heterocycles. The van der Waals surface area contributed by atoms with E-state index in [1.807, 2.05) is 0 Å². The van der Waals surface area contributed by atoms with Crippen LogP contribution in [0.3, 0.4) is 0 Å². The van der Waals surface area contributed by atoms with Crippen LogP contribution in [-0.4, -0.2) is 13.2 Å². The zero-order valence-corrected chi connectivity index (χ0v) is 12.0. The lowest BCUT2D eigenvalue weighted by Gasteiger charge is -2.19. The number of hydroxylamine groups is 1. The molecule has 3 nitrogen and oxygen atoms in total. The van der Waals surface area contributed by atoms with E-state index in [9.17, 15) is 0 Å². The molecule has 1 N–H and O–H groups in total. The molecule has 0 spiro atoms. The third-order valence-corrected chi connectivity index (χ3v) is 3.80. The van der Waals surface area contributed by atoms with Gasteiger partial charge >= 0.3 is 0 Å². The van der Waals surface area contributed by atoms with Crippen LogP contribution in [0.15, 0.2) is 6.07 Å². The first-order valence-electron chi connectivity index (χ1n) is 6.66. The normalized spacial score (nSPS) is 21.8. The fourth-order valence-electron chi connectivity index (χ4n) is 2.79. The first-order valence-corrected chi connectivity index (χ1v) is 6.66. The summed E-state index contributed by atoms with van der Waals surface area (Å²) in [6.07, 6.45) is 2.31. The number of hydrogen-bond acceptors (Lipinski definition) is 3. The molecule has 1 aliphatic heterocycles. The molecule has 2 atom stereocenters. The SMILES string of the molecule is CCCC1Oc2c(C)c(C)cc(C)c2C1NOC. The summed E-state index contributed by atoms with van der Waals surface area (Å²) in [6, 6.07) is 2.38. The van der Waals surface area contributed by atoms with Crippen molar-refractivity contribution in [1.82, 2.24) is 5.48 Å². The Labute approximate surface area is 109 Å². The van der Waals surface area contributed by atoms with Gasteiger partial charge in [0.25, 0.3) is 0 Å². The minimum atomic E-state index is 0.143. The Morgan fingerprint density at radius 1 is 1.28 bits per heavy atom. The van der Waals surface area contributed by atoms with Gasteiger partial charge in [-0.1, -0.05) is 19.4 Å². The Bertz CT molecular complexity index is 443. The standard InChI is InChI=1S/C15H23NO2/c1-6-7-12-14(16-17-5)13-10(3)8-9(2)11(4)15(13)18-12/h8,12,14,16H,6-7H2,1-5H3. The predicted octanol–water partition coefficient (Wildman–Crippen LogP) is 3.37. The highest BCUT2D eigenvalue weighted by molar-refractivity contribution is 5.53. The van der Waals surface area contributed by atoms with E-state index >= 15 is 0 Å². The fraction of sp³-hybridized carbons (Fsp3) is 0.600. The summed E-state index contributed by atoms with van der Waals surface area (Å²) in [6.45, 7) is 8.60. The number of aryl methyl sites for hydroxylation is 2. The largest absolute Gasteiger partial charge is 0.488 e. The second-order valence-electron chi connectivity index (χ2n) is 5.12. The van der Waals surface area contributed by atoms with Crippen molar-refractivity contribution in [3.8, 4) is 5.75 Å². The summed E-state index contributed by atoms with van der Waals surface area (Å²) in [5, 5.41) is 0. The summed E-state index contributed by atoms with van der Waals surface area (Å²) < 4.78 is 6.16. The second-order valence-corrected chi connectivity index (χ2v) is 5.12. The molecule has 1 aromatic carbocycles. The van der Waals surface area contributed by atoms with Crippen LogP contribution >= 0.6 is 0 Å². The number of ether oxygens (including phenoxy) is 1. The number of rotatable bonds is 4. The third kappa shape index (κ3) is 2.13. The minimum Gasteiger partial charge on any atom is -0.488 e. The minimum absolute atomic E-state index is 0.143. The van der Waals surface area contributed by atoms with E-state index in [-0.39, 0.29) is 12.1 Å². The van der Waals surface area contributed by atoms with Gasteiger partial charge in [0.05, 0.1) is 13.2 Å². The smallest absolute Gasteiger partial charge is 0.128 e. The molecule has 18 heavy (non-hydrogen) atoms. The van der Waals surface area contributed by atoms with E-state index in [0.29, 0.717) is 0 Å². The first-order chi connectivity index (χ1) is 8.60. The van der Waals surface area contributed by atoms with E-state index in [2.05, 4.69) is 39.2 Å². The summed E-state index contributed by atoms with van der Waals surface area (Å²) in [5.41, 5.74) is 8.18.